The van der Waals surface area contributed by atoms with Gasteiger partial charge in [0, 0.05) is 42.1 Å². The van der Waals surface area contributed by atoms with Crippen LogP contribution >= 0.6 is 11.6 Å². The minimum absolute atomic E-state index is 0.00786. The lowest BCUT2D eigenvalue weighted by Gasteiger charge is -2.26. The van der Waals surface area contributed by atoms with E-state index >= 15 is 8.78 Å². The summed E-state index contributed by atoms with van der Waals surface area (Å²) in [6.07, 6.45) is -4.03. The fourth-order valence-corrected chi connectivity index (χ4v) is 9.74. The largest absolute Gasteiger partial charge is 0.379 e. The Balaban J connectivity index is 1.28. The molecule has 1 saturated heterocycles. The minimum Gasteiger partial charge on any atom is -0.379 e. The number of benzene rings is 4. The zero-order chi connectivity index (χ0) is 44.2. The number of aryl methyl sites for hydroxylation is 1. The molecule has 0 saturated carbocycles. The number of halogens is 7. The SMILES string of the molecule is Cc1cc(Cl)ccc1-c1ccc2c(=O)n(-c3ccc(S(=O)(=O)N4CCOCC4)cc3)c(C(Cc3cc(F)cc(F)c3)NC(=O)Cn3nc(C(F)F)c4c3C(F)(F)C(C)C4)nc2c1. The molecule has 11 nitrogen and oxygen atoms in total. The van der Waals surface area contributed by atoms with Crippen LogP contribution in [0.5, 0.6) is 0 Å². The molecular weight excluding hydrogens is 862 g/mol. The second-order valence-electron chi connectivity index (χ2n) is 15.3. The fourth-order valence-electron chi connectivity index (χ4n) is 8.10. The summed E-state index contributed by atoms with van der Waals surface area (Å²) in [6.45, 7) is 2.73. The number of morpholine rings is 1. The zero-order valence-electron chi connectivity index (χ0n) is 33.0. The van der Waals surface area contributed by atoms with E-state index in [4.69, 9.17) is 21.3 Å². The molecule has 324 valence electrons. The summed E-state index contributed by atoms with van der Waals surface area (Å²) in [5.41, 5.74) is -0.343. The van der Waals surface area contributed by atoms with Crippen LogP contribution in [-0.2, 0) is 44.9 Å². The van der Waals surface area contributed by atoms with Gasteiger partial charge < -0.3 is 10.1 Å². The first-order valence-electron chi connectivity index (χ1n) is 19.4. The number of sulfonamides is 1. The maximum absolute atomic E-state index is 15.4. The van der Waals surface area contributed by atoms with Crippen LogP contribution < -0.4 is 10.9 Å². The molecule has 6 aromatic rings. The van der Waals surface area contributed by atoms with Crippen LogP contribution in [-0.4, -0.2) is 64.3 Å². The Kier molecular flexibility index (Phi) is 11.6. The van der Waals surface area contributed by atoms with E-state index in [0.717, 1.165) is 27.8 Å². The van der Waals surface area contributed by atoms with Gasteiger partial charge in [-0.2, -0.15) is 18.2 Å². The third kappa shape index (κ3) is 8.11. The molecule has 2 atom stereocenters. The van der Waals surface area contributed by atoms with Gasteiger partial charge in [-0.3, -0.25) is 18.8 Å². The van der Waals surface area contributed by atoms with Crippen molar-refractivity contribution in [2.24, 2.45) is 5.92 Å². The number of ether oxygens (including phenoxy) is 1. The highest BCUT2D eigenvalue weighted by atomic mass is 35.5. The molecule has 1 aliphatic carbocycles. The minimum atomic E-state index is -3.98. The smallest absolute Gasteiger partial charge is 0.292 e. The Hall–Kier alpha value is -5.56. The van der Waals surface area contributed by atoms with Crippen molar-refractivity contribution < 1.29 is 44.3 Å². The van der Waals surface area contributed by atoms with Gasteiger partial charge in [-0.05, 0) is 96.3 Å². The molecule has 0 radical (unpaired) electrons. The third-order valence-corrected chi connectivity index (χ3v) is 13.3. The first-order valence-corrected chi connectivity index (χ1v) is 21.3. The van der Waals surface area contributed by atoms with E-state index in [-0.39, 0.29) is 64.7 Å². The predicted octanol–water partition coefficient (Wildman–Crippen LogP) is 7.83. The van der Waals surface area contributed by atoms with Crippen molar-refractivity contribution in [2.45, 2.75) is 56.5 Å². The quantitative estimate of drug-likeness (QED) is 0.131. The monoisotopic (exact) mass is 898 g/mol. The van der Waals surface area contributed by atoms with Crippen molar-refractivity contribution in [3.63, 3.8) is 0 Å². The van der Waals surface area contributed by atoms with E-state index in [1.165, 1.54) is 35.5 Å². The molecule has 1 aliphatic heterocycles. The lowest BCUT2D eigenvalue weighted by molar-refractivity contribution is -0.123. The second-order valence-corrected chi connectivity index (χ2v) is 17.7. The van der Waals surface area contributed by atoms with Crippen LogP contribution in [0.15, 0.2) is 88.6 Å². The maximum Gasteiger partial charge on any atom is 0.292 e. The van der Waals surface area contributed by atoms with Crippen LogP contribution in [0.25, 0.3) is 27.7 Å². The van der Waals surface area contributed by atoms with Gasteiger partial charge in [-0.1, -0.05) is 30.7 Å². The lowest BCUT2D eigenvalue weighted by atomic mass is 9.99. The Morgan fingerprint density at radius 1 is 0.984 bits per heavy atom. The standard InChI is InChI=1S/C43H37ClF6N6O5S/c1-23-15-27(44)4-10-32(23)26-3-9-33-35(20-26)52-41(56(42(33)58)30-5-7-31(8-6-30)62(59,60)54-11-13-61-14-12-54)36(19-25-17-28(45)21-29(46)18-25)51-37(57)22-55-39-34(38(53-55)40(47)48)16-24(2)43(39,49)50/h3-10,15,17-18,20-21,24,36,40H,11-14,16,19,22H2,1-2H3,(H,51,57). The average Bonchev–Trinajstić information content (AvgIpc) is 3.69. The van der Waals surface area contributed by atoms with Crippen molar-refractivity contribution in [3.05, 3.63) is 140 Å². The first kappa shape index (κ1) is 43.1. The summed E-state index contributed by atoms with van der Waals surface area (Å²) in [5.74, 6) is -8.12. The van der Waals surface area contributed by atoms with Gasteiger partial charge in [0.25, 0.3) is 17.9 Å². The molecule has 3 heterocycles. The predicted molar refractivity (Wildman–Crippen MR) is 217 cm³/mol. The number of rotatable bonds is 11. The Morgan fingerprint density at radius 3 is 2.34 bits per heavy atom. The first-order chi connectivity index (χ1) is 29.4. The van der Waals surface area contributed by atoms with E-state index in [2.05, 4.69) is 10.4 Å². The number of alkyl halides is 4. The summed E-state index contributed by atoms with van der Waals surface area (Å²) in [6, 6.07) is 16.6. The van der Waals surface area contributed by atoms with Crippen molar-refractivity contribution in [2.75, 3.05) is 26.3 Å². The molecule has 2 unspecified atom stereocenters. The van der Waals surface area contributed by atoms with Gasteiger partial charge in [-0.25, -0.2) is 31.0 Å². The fraction of sp³-hybridized carbons (Fsp3) is 0.302. The van der Waals surface area contributed by atoms with Gasteiger partial charge >= 0.3 is 0 Å². The van der Waals surface area contributed by atoms with Crippen molar-refractivity contribution in [1.82, 2.24) is 29.0 Å². The molecular formula is C43H37ClF6N6O5S. The molecule has 1 fully saturated rings. The highest BCUT2D eigenvalue weighted by Crippen LogP contribution is 2.48. The summed E-state index contributed by atoms with van der Waals surface area (Å²) < 4.78 is 124. The molecule has 1 amide bonds. The summed E-state index contributed by atoms with van der Waals surface area (Å²) >= 11 is 6.21. The van der Waals surface area contributed by atoms with Gasteiger partial charge in [0.1, 0.15) is 35.4 Å². The van der Waals surface area contributed by atoms with Crippen molar-refractivity contribution in [3.8, 4) is 16.8 Å². The van der Waals surface area contributed by atoms with Crippen molar-refractivity contribution in [1.29, 1.82) is 0 Å². The van der Waals surface area contributed by atoms with Gasteiger partial charge in [0.05, 0.1) is 40.7 Å². The number of hydrogen-bond acceptors (Lipinski definition) is 7. The van der Waals surface area contributed by atoms with Gasteiger partial charge in [-0.15, -0.1) is 0 Å². The number of carbonyl (C=O) groups is 1. The van der Waals surface area contributed by atoms with Crippen LogP contribution in [0.3, 0.4) is 0 Å². The number of amides is 1. The van der Waals surface area contributed by atoms with E-state index in [0.29, 0.717) is 21.3 Å². The average molecular weight is 899 g/mol. The molecule has 1 N–H and O–H groups in total. The third-order valence-electron chi connectivity index (χ3n) is 11.1. The molecule has 8 rings (SSSR count). The second kappa shape index (κ2) is 16.6. The van der Waals surface area contributed by atoms with Crippen molar-refractivity contribution >= 4 is 38.4 Å². The molecule has 19 heteroatoms. The topological polar surface area (TPSA) is 128 Å². The normalized spacial score (nSPS) is 17.1. The highest BCUT2D eigenvalue weighted by Gasteiger charge is 2.51. The number of fused-ring (bicyclic) bond motifs is 2. The van der Waals surface area contributed by atoms with Crippen LogP contribution in [0.1, 0.15) is 53.3 Å². The summed E-state index contributed by atoms with van der Waals surface area (Å²) in [5, 5.41) is 6.95. The van der Waals surface area contributed by atoms with E-state index in [1.807, 2.05) is 6.92 Å². The maximum atomic E-state index is 15.4. The van der Waals surface area contributed by atoms with Crippen LogP contribution in [0.2, 0.25) is 5.02 Å². The zero-order valence-corrected chi connectivity index (χ0v) is 34.6. The molecule has 0 spiro atoms. The Labute approximate surface area is 355 Å². The van der Waals surface area contributed by atoms with Crippen LogP contribution in [0.4, 0.5) is 26.3 Å². The molecule has 0 bridgehead atoms. The lowest BCUT2D eigenvalue weighted by Crippen LogP contribution is -2.40. The molecule has 4 aromatic carbocycles. The molecule has 2 aliphatic rings. The van der Waals surface area contributed by atoms with E-state index in [9.17, 15) is 35.6 Å². The van der Waals surface area contributed by atoms with Gasteiger partial charge in [0.2, 0.25) is 15.9 Å². The number of aromatic nitrogens is 4. The van der Waals surface area contributed by atoms with E-state index in [1.54, 1.807) is 36.4 Å². The van der Waals surface area contributed by atoms with Crippen LogP contribution in [0, 0.1) is 24.5 Å². The Bertz CT molecular complexity index is 2880. The number of carbonyl (C=O) groups excluding carboxylic acids is 1. The number of nitrogens with zero attached hydrogens (tertiary/aromatic N) is 5. The Morgan fingerprint density at radius 2 is 1.68 bits per heavy atom. The van der Waals surface area contributed by atoms with E-state index < -0.39 is 88.2 Å². The summed E-state index contributed by atoms with van der Waals surface area (Å²) in [7, 11) is -3.98. The molecule has 2 aromatic heterocycles. The number of hydrogen-bond donors (Lipinski definition) is 1. The number of nitrogens with one attached hydrogen (secondary N) is 1. The summed E-state index contributed by atoms with van der Waals surface area (Å²) in [4.78, 5) is 33.6. The van der Waals surface area contributed by atoms with Gasteiger partial charge in [0.15, 0.2) is 0 Å². The molecule has 62 heavy (non-hydrogen) atoms. The highest BCUT2D eigenvalue weighted by molar-refractivity contribution is 7.89.